The van der Waals surface area contributed by atoms with Crippen molar-refractivity contribution in [1.82, 2.24) is 0 Å². The average Bonchev–Trinajstić information content (AvgIpc) is 2.93. The third-order valence-electron chi connectivity index (χ3n) is 7.61. The van der Waals surface area contributed by atoms with Crippen molar-refractivity contribution in [2.24, 2.45) is 0 Å². The molecule has 6 rings (SSSR count). The molecule has 0 saturated carbocycles. The van der Waals surface area contributed by atoms with E-state index in [9.17, 15) is 0 Å². The van der Waals surface area contributed by atoms with E-state index in [1.54, 1.807) is 0 Å². The van der Waals surface area contributed by atoms with Gasteiger partial charge in [0.2, 0.25) is 0 Å². The predicted molar refractivity (Wildman–Crippen MR) is 169 cm³/mol. The smallest absolute Gasteiger partial charge is 0.00263 e. The van der Waals surface area contributed by atoms with Crippen LogP contribution in [0.3, 0.4) is 0 Å². The number of hydrogen-bond acceptors (Lipinski definition) is 0. The summed E-state index contributed by atoms with van der Waals surface area (Å²) in [5.74, 6) is 0. The van der Waals surface area contributed by atoms with Crippen molar-refractivity contribution >= 4 is 32.3 Å². The van der Waals surface area contributed by atoms with Crippen LogP contribution in [0.15, 0.2) is 103 Å². The van der Waals surface area contributed by atoms with Crippen molar-refractivity contribution in [3.63, 3.8) is 0 Å². The second-order valence-electron chi connectivity index (χ2n) is 11.2. The zero-order valence-corrected chi connectivity index (χ0v) is 23.8. The molecule has 0 fully saturated rings. The van der Waals surface area contributed by atoms with Crippen molar-refractivity contribution in [3.8, 4) is 22.3 Å². The van der Waals surface area contributed by atoms with Gasteiger partial charge in [-0.25, -0.2) is 0 Å². The molecular weight excluding hydrogens is 456 g/mol. The van der Waals surface area contributed by atoms with Gasteiger partial charge in [0, 0.05) is 0 Å². The molecule has 38 heavy (non-hydrogen) atoms. The second kappa shape index (κ2) is 10.1. The maximum absolute atomic E-state index is 2.42. The highest BCUT2D eigenvalue weighted by Gasteiger charge is 2.18. The Labute approximate surface area is 228 Å². The number of hydrogen-bond donors (Lipinski definition) is 0. The number of fused-ring (bicyclic) bond motifs is 3. The molecule has 0 atom stereocenters. The van der Waals surface area contributed by atoms with Crippen LogP contribution in [-0.4, -0.2) is 0 Å². The molecule has 0 aliphatic heterocycles. The molecule has 0 unspecified atom stereocenters. The largest absolute Gasteiger partial charge is 0.0683 e. The zero-order valence-electron chi connectivity index (χ0n) is 23.8. The summed E-state index contributed by atoms with van der Waals surface area (Å²) >= 11 is 0. The molecule has 0 bridgehead atoms. The Kier molecular flexibility index (Phi) is 6.84. The first-order chi connectivity index (χ1) is 18.3. The molecule has 6 aromatic rings. The van der Waals surface area contributed by atoms with Crippen molar-refractivity contribution in [2.75, 3.05) is 0 Å². The number of aryl methyl sites for hydroxylation is 2. The summed E-state index contributed by atoms with van der Waals surface area (Å²) in [7, 11) is 0. The van der Waals surface area contributed by atoms with E-state index < -0.39 is 0 Å². The van der Waals surface area contributed by atoms with Gasteiger partial charge in [0.25, 0.3) is 0 Å². The normalized spacial score (nSPS) is 11.6. The minimum Gasteiger partial charge on any atom is -0.0683 e. The van der Waals surface area contributed by atoms with E-state index in [1.165, 1.54) is 71.3 Å². The van der Waals surface area contributed by atoms with E-state index in [-0.39, 0.29) is 5.41 Å². The minimum absolute atomic E-state index is 0.110. The van der Waals surface area contributed by atoms with E-state index in [2.05, 4.69) is 138 Å². The standard InChI is InChI=1S/C36H32.C2H6/c1-23-18-28(27-15-14-25-10-6-7-11-26(25)20-27)21-29(19-23)35-32-13-9-8-12-31(32)24(2)34-22-30(36(3,4)5)16-17-33(34)35;1-2/h6-22H,1-5H3;1-2H3. The van der Waals surface area contributed by atoms with Crippen LogP contribution in [-0.2, 0) is 5.41 Å². The molecule has 0 heteroatoms. The third kappa shape index (κ3) is 4.61. The fraction of sp³-hybridized carbons (Fsp3) is 0.211. The summed E-state index contributed by atoms with van der Waals surface area (Å²) in [6, 6.07) is 38.4. The summed E-state index contributed by atoms with van der Waals surface area (Å²) in [4.78, 5) is 0. The Bertz CT molecular complexity index is 1780. The molecule has 0 spiro atoms. The van der Waals surface area contributed by atoms with E-state index >= 15 is 0 Å². The van der Waals surface area contributed by atoms with Crippen molar-refractivity contribution in [2.45, 2.75) is 53.9 Å². The second-order valence-corrected chi connectivity index (χ2v) is 11.2. The molecule has 0 saturated heterocycles. The Morgan fingerprint density at radius 1 is 0.474 bits per heavy atom. The Morgan fingerprint density at radius 2 is 1.11 bits per heavy atom. The highest BCUT2D eigenvalue weighted by molar-refractivity contribution is 6.15. The lowest BCUT2D eigenvalue weighted by atomic mass is 9.82. The van der Waals surface area contributed by atoms with Gasteiger partial charge in [-0.05, 0) is 103 Å². The van der Waals surface area contributed by atoms with Gasteiger partial charge in [0.05, 0.1) is 0 Å². The lowest BCUT2D eigenvalue weighted by Crippen LogP contribution is -2.10. The highest BCUT2D eigenvalue weighted by atomic mass is 14.2. The zero-order chi connectivity index (χ0) is 27.0. The van der Waals surface area contributed by atoms with Crippen LogP contribution in [0, 0.1) is 13.8 Å². The third-order valence-corrected chi connectivity index (χ3v) is 7.61. The van der Waals surface area contributed by atoms with Crippen LogP contribution in [0.1, 0.15) is 51.3 Å². The van der Waals surface area contributed by atoms with E-state index in [4.69, 9.17) is 0 Å². The van der Waals surface area contributed by atoms with Crippen LogP contribution < -0.4 is 0 Å². The van der Waals surface area contributed by atoms with Gasteiger partial charge in [-0.15, -0.1) is 0 Å². The maximum Gasteiger partial charge on any atom is -0.00263 e. The summed E-state index contributed by atoms with van der Waals surface area (Å²) < 4.78 is 0. The Balaban J connectivity index is 0.00000144. The molecule has 190 valence electrons. The lowest BCUT2D eigenvalue weighted by Gasteiger charge is -2.22. The lowest BCUT2D eigenvalue weighted by molar-refractivity contribution is 0.591. The SMILES string of the molecule is CC.Cc1cc(-c2ccc3ccccc3c2)cc(-c2c3ccccc3c(C)c3cc(C(C)(C)C)ccc23)c1. The van der Waals surface area contributed by atoms with Crippen LogP contribution in [0.25, 0.3) is 54.6 Å². The van der Waals surface area contributed by atoms with E-state index in [1.807, 2.05) is 13.8 Å². The predicted octanol–water partition coefficient (Wildman–Crippen LogP) is 11.4. The van der Waals surface area contributed by atoms with Crippen molar-refractivity contribution < 1.29 is 0 Å². The molecule has 0 heterocycles. The average molecular weight is 495 g/mol. The molecule has 0 aromatic heterocycles. The molecule has 0 radical (unpaired) electrons. The summed E-state index contributed by atoms with van der Waals surface area (Å²) in [6.07, 6.45) is 0. The Morgan fingerprint density at radius 3 is 1.84 bits per heavy atom. The summed E-state index contributed by atoms with van der Waals surface area (Å²) in [6.45, 7) is 15.4. The molecule has 0 aliphatic carbocycles. The van der Waals surface area contributed by atoms with Gasteiger partial charge in [-0.2, -0.15) is 0 Å². The number of rotatable bonds is 2. The quantitative estimate of drug-likeness (QED) is 0.210. The molecule has 0 nitrogen and oxygen atoms in total. The fourth-order valence-corrected chi connectivity index (χ4v) is 5.63. The van der Waals surface area contributed by atoms with Gasteiger partial charge < -0.3 is 0 Å². The van der Waals surface area contributed by atoms with Gasteiger partial charge in [0.15, 0.2) is 0 Å². The minimum atomic E-state index is 0.110. The summed E-state index contributed by atoms with van der Waals surface area (Å²) in [5, 5.41) is 7.89. The molecular formula is C38H38. The monoisotopic (exact) mass is 494 g/mol. The van der Waals surface area contributed by atoms with Crippen molar-refractivity contribution in [3.05, 3.63) is 120 Å². The van der Waals surface area contributed by atoms with E-state index in [0.29, 0.717) is 0 Å². The molecule has 0 amide bonds. The highest BCUT2D eigenvalue weighted by Crippen LogP contribution is 2.42. The molecule has 6 aromatic carbocycles. The maximum atomic E-state index is 2.42. The van der Waals surface area contributed by atoms with Crippen LogP contribution >= 0.6 is 0 Å². The first-order valence-electron chi connectivity index (χ1n) is 13.9. The van der Waals surface area contributed by atoms with Crippen molar-refractivity contribution in [1.29, 1.82) is 0 Å². The first-order valence-corrected chi connectivity index (χ1v) is 13.9. The van der Waals surface area contributed by atoms with Crippen LogP contribution in [0.2, 0.25) is 0 Å². The van der Waals surface area contributed by atoms with Gasteiger partial charge >= 0.3 is 0 Å². The molecule has 0 aliphatic rings. The topological polar surface area (TPSA) is 0 Å². The van der Waals surface area contributed by atoms with Crippen LogP contribution in [0.5, 0.6) is 0 Å². The molecule has 0 N–H and O–H groups in total. The summed E-state index contributed by atoms with van der Waals surface area (Å²) in [5.41, 5.74) is 9.26. The fourth-order valence-electron chi connectivity index (χ4n) is 5.63. The van der Waals surface area contributed by atoms with Gasteiger partial charge in [0.1, 0.15) is 0 Å². The van der Waals surface area contributed by atoms with E-state index in [0.717, 1.165) is 0 Å². The van der Waals surface area contributed by atoms with Crippen LogP contribution in [0.4, 0.5) is 0 Å². The van der Waals surface area contributed by atoms with Gasteiger partial charge in [-0.3, -0.25) is 0 Å². The first kappa shape index (κ1) is 25.7. The van der Waals surface area contributed by atoms with Gasteiger partial charge in [-0.1, -0.05) is 126 Å². The Hall–Kier alpha value is -3.90. The number of benzene rings is 6.